The molecular formula is C16H18ClFS. The molecule has 0 nitrogen and oxygen atoms in total. The van der Waals surface area contributed by atoms with Crippen molar-refractivity contribution in [1.82, 2.24) is 0 Å². The molecule has 102 valence electrons. The Morgan fingerprint density at radius 3 is 2.37 bits per heavy atom. The van der Waals surface area contributed by atoms with E-state index in [9.17, 15) is 4.39 Å². The fourth-order valence-electron chi connectivity index (χ4n) is 1.88. The summed E-state index contributed by atoms with van der Waals surface area (Å²) in [5.41, 5.74) is 1.72. The molecule has 0 saturated heterocycles. The maximum Gasteiger partial charge on any atom is 0.126 e. The molecule has 0 aliphatic carbocycles. The summed E-state index contributed by atoms with van der Waals surface area (Å²) in [6.45, 7) is 8.33. The van der Waals surface area contributed by atoms with Crippen molar-refractivity contribution in [3.63, 3.8) is 0 Å². The number of rotatable bonds is 2. The van der Waals surface area contributed by atoms with Crippen LogP contribution in [0.2, 0.25) is 0 Å². The van der Waals surface area contributed by atoms with E-state index in [1.165, 1.54) is 10.9 Å². The standard InChI is InChI=1S/C16H18ClFS/c1-10-9-11(5-6-12(10)18)15(17)13-7-8-14(19-13)16(2,3)4/h5-9,15H,1-4H3. The van der Waals surface area contributed by atoms with Gasteiger partial charge in [0.15, 0.2) is 0 Å². The van der Waals surface area contributed by atoms with E-state index < -0.39 is 0 Å². The quantitative estimate of drug-likeness (QED) is 0.612. The van der Waals surface area contributed by atoms with Crippen LogP contribution in [0.15, 0.2) is 30.3 Å². The van der Waals surface area contributed by atoms with E-state index in [0.29, 0.717) is 5.56 Å². The van der Waals surface area contributed by atoms with Gasteiger partial charge in [-0.15, -0.1) is 22.9 Å². The van der Waals surface area contributed by atoms with Crippen LogP contribution in [0.5, 0.6) is 0 Å². The molecule has 0 saturated carbocycles. The van der Waals surface area contributed by atoms with Crippen LogP contribution in [0.25, 0.3) is 0 Å². The van der Waals surface area contributed by atoms with E-state index >= 15 is 0 Å². The molecule has 0 N–H and O–H groups in total. The highest BCUT2D eigenvalue weighted by Crippen LogP contribution is 2.38. The molecule has 19 heavy (non-hydrogen) atoms. The van der Waals surface area contributed by atoms with Gasteiger partial charge in [-0.3, -0.25) is 0 Å². The Balaban J connectivity index is 2.31. The van der Waals surface area contributed by atoms with Crippen molar-refractivity contribution in [2.24, 2.45) is 0 Å². The molecule has 0 bridgehead atoms. The number of benzene rings is 1. The minimum Gasteiger partial charge on any atom is -0.207 e. The van der Waals surface area contributed by atoms with Crippen LogP contribution in [0.1, 0.15) is 47.0 Å². The molecule has 2 rings (SSSR count). The van der Waals surface area contributed by atoms with Crippen LogP contribution in [-0.4, -0.2) is 0 Å². The summed E-state index contributed by atoms with van der Waals surface area (Å²) in [4.78, 5) is 2.42. The molecular weight excluding hydrogens is 279 g/mol. The lowest BCUT2D eigenvalue weighted by Crippen LogP contribution is -2.07. The predicted molar refractivity (Wildman–Crippen MR) is 81.9 cm³/mol. The molecule has 1 aromatic heterocycles. The van der Waals surface area contributed by atoms with Gasteiger partial charge >= 0.3 is 0 Å². The van der Waals surface area contributed by atoms with Gasteiger partial charge in [0.1, 0.15) is 5.82 Å². The summed E-state index contributed by atoms with van der Waals surface area (Å²) in [6.07, 6.45) is 0. The van der Waals surface area contributed by atoms with Gasteiger partial charge in [0.2, 0.25) is 0 Å². The van der Waals surface area contributed by atoms with Crippen molar-refractivity contribution in [2.45, 2.75) is 38.5 Å². The Hall–Kier alpha value is -0.860. The fraction of sp³-hybridized carbons (Fsp3) is 0.375. The Bertz CT molecular complexity index is 581. The SMILES string of the molecule is Cc1cc(C(Cl)c2ccc(C(C)(C)C)s2)ccc1F. The number of alkyl halides is 1. The summed E-state index contributed by atoms with van der Waals surface area (Å²) in [6, 6.07) is 9.27. The van der Waals surface area contributed by atoms with E-state index in [2.05, 4.69) is 32.9 Å². The highest BCUT2D eigenvalue weighted by Gasteiger charge is 2.20. The summed E-state index contributed by atoms with van der Waals surface area (Å²) in [7, 11) is 0. The maximum absolute atomic E-state index is 13.3. The van der Waals surface area contributed by atoms with Crippen LogP contribution in [0.3, 0.4) is 0 Å². The van der Waals surface area contributed by atoms with Gasteiger partial charge in [0, 0.05) is 9.75 Å². The van der Waals surface area contributed by atoms with Gasteiger partial charge in [0.25, 0.3) is 0 Å². The van der Waals surface area contributed by atoms with Gasteiger partial charge in [-0.2, -0.15) is 0 Å². The molecule has 0 aliphatic heterocycles. The molecule has 0 spiro atoms. The molecule has 1 heterocycles. The average molecular weight is 297 g/mol. The summed E-state index contributed by atoms with van der Waals surface area (Å²) in [5.74, 6) is -0.186. The van der Waals surface area contributed by atoms with Crippen molar-refractivity contribution in [1.29, 1.82) is 0 Å². The molecule has 2 aromatic rings. The minimum absolute atomic E-state index is 0.137. The lowest BCUT2D eigenvalue weighted by atomic mass is 9.95. The fourth-order valence-corrected chi connectivity index (χ4v) is 3.30. The predicted octanol–water partition coefficient (Wildman–Crippen LogP) is 5.82. The first-order valence-electron chi connectivity index (χ1n) is 6.29. The first-order valence-corrected chi connectivity index (χ1v) is 7.54. The molecule has 3 heteroatoms. The van der Waals surface area contributed by atoms with Crippen molar-refractivity contribution in [2.75, 3.05) is 0 Å². The number of hydrogen-bond donors (Lipinski definition) is 0. The van der Waals surface area contributed by atoms with Gasteiger partial charge < -0.3 is 0 Å². The Morgan fingerprint density at radius 1 is 1.16 bits per heavy atom. The average Bonchev–Trinajstić information content (AvgIpc) is 2.81. The van der Waals surface area contributed by atoms with E-state index in [1.807, 2.05) is 6.07 Å². The van der Waals surface area contributed by atoms with Gasteiger partial charge in [0.05, 0.1) is 5.38 Å². The summed E-state index contributed by atoms with van der Waals surface area (Å²) in [5, 5.41) is -0.208. The highest BCUT2D eigenvalue weighted by molar-refractivity contribution is 7.12. The number of aryl methyl sites for hydroxylation is 1. The Kier molecular flexibility index (Phi) is 4.03. The molecule has 1 unspecified atom stereocenters. The third-order valence-corrected chi connectivity index (χ3v) is 5.28. The van der Waals surface area contributed by atoms with Crippen molar-refractivity contribution in [3.8, 4) is 0 Å². The maximum atomic E-state index is 13.3. The summed E-state index contributed by atoms with van der Waals surface area (Å²) < 4.78 is 13.3. The molecule has 0 radical (unpaired) electrons. The topological polar surface area (TPSA) is 0 Å². The van der Waals surface area contributed by atoms with Crippen LogP contribution in [0.4, 0.5) is 4.39 Å². The second kappa shape index (κ2) is 5.26. The van der Waals surface area contributed by atoms with Crippen LogP contribution in [0, 0.1) is 12.7 Å². The van der Waals surface area contributed by atoms with Crippen molar-refractivity contribution in [3.05, 3.63) is 57.0 Å². The second-order valence-corrected chi connectivity index (χ2v) is 7.37. The zero-order valence-corrected chi connectivity index (χ0v) is 13.2. The molecule has 1 aromatic carbocycles. The zero-order chi connectivity index (χ0) is 14.2. The molecule has 1 atom stereocenters. The van der Waals surface area contributed by atoms with E-state index in [1.54, 1.807) is 24.3 Å². The van der Waals surface area contributed by atoms with Crippen molar-refractivity contribution >= 4 is 22.9 Å². The highest BCUT2D eigenvalue weighted by atomic mass is 35.5. The van der Waals surface area contributed by atoms with Crippen LogP contribution >= 0.6 is 22.9 Å². The van der Waals surface area contributed by atoms with Crippen molar-refractivity contribution < 1.29 is 4.39 Å². The lowest BCUT2D eigenvalue weighted by Gasteiger charge is -2.15. The Morgan fingerprint density at radius 2 is 1.84 bits per heavy atom. The second-order valence-electron chi connectivity index (χ2n) is 5.82. The van der Waals surface area contributed by atoms with Gasteiger partial charge in [-0.1, -0.05) is 32.9 Å². The minimum atomic E-state index is -0.208. The normalized spacial score (nSPS) is 13.6. The molecule has 0 fully saturated rings. The molecule has 0 aliphatic rings. The third kappa shape index (κ3) is 3.18. The number of thiophene rings is 1. The first kappa shape index (κ1) is 14.5. The number of hydrogen-bond acceptors (Lipinski definition) is 1. The Labute approximate surface area is 123 Å². The van der Waals surface area contributed by atoms with E-state index in [-0.39, 0.29) is 16.6 Å². The van der Waals surface area contributed by atoms with E-state index in [4.69, 9.17) is 11.6 Å². The zero-order valence-electron chi connectivity index (χ0n) is 11.6. The monoisotopic (exact) mass is 296 g/mol. The number of halogens is 2. The summed E-state index contributed by atoms with van der Waals surface area (Å²) >= 11 is 8.23. The van der Waals surface area contributed by atoms with Gasteiger partial charge in [-0.05, 0) is 41.7 Å². The van der Waals surface area contributed by atoms with E-state index in [0.717, 1.165) is 10.4 Å². The van der Waals surface area contributed by atoms with Gasteiger partial charge in [-0.25, -0.2) is 4.39 Å². The third-order valence-electron chi connectivity index (χ3n) is 3.09. The smallest absolute Gasteiger partial charge is 0.126 e. The molecule has 0 amide bonds. The first-order chi connectivity index (χ1) is 8.79. The van der Waals surface area contributed by atoms with Crippen LogP contribution < -0.4 is 0 Å². The van der Waals surface area contributed by atoms with Crippen LogP contribution in [-0.2, 0) is 5.41 Å². The lowest BCUT2D eigenvalue weighted by molar-refractivity contribution is 0.604. The largest absolute Gasteiger partial charge is 0.207 e.